The molecule has 2 saturated heterocycles. The topological polar surface area (TPSA) is 48.0 Å². The Hall–Kier alpha value is -0.790. The predicted molar refractivity (Wildman–Crippen MR) is 78.4 cm³/mol. The van der Waals surface area contributed by atoms with Crippen molar-refractivity contribution in [3.8, 4) is 0 Å². The van der Waals surface area contributed by atoms with E-state index in [1.165, 1.54) is 0 Å². The zero-order chi connectivity index (χ0) is 16.5. The number of amides is 1. The maximum atomic E-state index is 13.0. The molecule has 23 heavy (non-hydrogen) atoms. The quantitative estimate of drug-likeness (QED) is 0.788. The summed E-state index contributed by atoms with van der Waals surface area (Å²) in [5.74, 6) is -2.78. The first-order valence-corrected chi connectivity index (χ1v) is 8.36. The molecule has 0 N–H and O–H groups in total. The van der Waals surface area contributed by atoms with E-state index in [-0.39, 0.29) is 43.0 Å². The molecule has 1 saturated carbocycles. The minimum absolute atomic E-state index is 0.0318. The Morgan fingerprint density at radius 1 is 1.26 bits per heavy atom. The molecular formula is C16H25F2NO4. The number of rotatable bonds is 4. The Labute approximate surface area is 135 Å². The van der Waals surface area contributed by atoms with Crippen molar-refractivity contribution in [2.24, 2.45) is 5.92 Å². The van der Waals surface area contributed by atoms with Crippen molar-refractivity contribution >= 4 is 5.91 Å². The number of alkyl halides is 2. The Bertz CT molecular complexity index is 432. The predicted octanol–water partition coefficient (Wildman–Crippen LogP) is 1.84. The van der Waals surface area contributed by atoms with Crippen molar-refractivity contribution in [1.29, 1.82) is 0 Å². The maximum absolute atomic E-state index is 13.0. The molecule has 2 heterocycles. The average molecular weight is 333 g/mol. The van der Waals surface area contributed by atoms with Gasteiger partial charge >= 0.3 is 0 Å². The van der Waals surface area contributed by atoms with Gasteiger partial charge in [-0.3, -0.25) is 4.79 Å². The number of hydrogen-bond acceptors (Lipinski definition) is 4. The third-order valence-corrected chi connectivity index (χ3v) is 5.19. The molecular weight excluding hydrogens is 308 g/mol. The van der Waals surface area contributed by atoms with Crippen LogP contribution in [0.25, 0.3) is 0 Å². The Kier molecular flexibility index (Phi) is 4.90. The van der Waals surface area contributed by atoms with E-state index < -0.39 is 5.92 Å². The molecule has 132 valence electrons. The molecule has 2 aliphatic heterocycles. The van der Waals surface area contributed by atoms with Gasteiger partial charge in [-0.2, -0.15) is 0 Å². The van der Waals surface area contributed by atoms with Crippen molar-refractivity contribution in [2.45, 2.75) is 50.2 Å². The van der Waals surface area contributed by atoms with E-state index in [1.807, 2.05) is 6.92 Å². The van der Waals surface area contributed by atoms with Crippen LogP contribution in [0.3, 0.4) is 0 Å². The first-order valence-electron chi connectivity index (χ1n) is 8.36. The molecule has 5 nitrogen and oxygen atoms in total. The van der Waals surface area contributed by atoms with Gasteiger partial charge in [0, 0.05) is 39.1 Å². The molecule has 1 atom stereocenters. The average Bonchev–Trinajstić information content (AvgIpc) is 2.51. The van der Waals surface area contributed by atoms with Crippen LogP contribution in [-0.2, 0) is 19.0 Å². The summed E-state index contributed by atoms with van der Waals surface area (Å²) >= 11 is 0. The lowest BCUT2D eigenvalue weighted by Gasteiger charge is -2.44. The van der Waals surface area contributed by atoms with Gasteiger partial charge in [-0.05, 0) is 25.7 Å². The largest absolute Gasteiger partial charge is 0.381 e. The highest BCUT2D eigenvalue weighted by atomic mass is 19.3. The van der Waals surface area contributed by atoms with Crippen LogP contribution in [-0.4, -0.2) is 68.0 Å². The highest BCUT2D eigenvalue weighted by Crippen LogP contribution is 2.45. The van der Waals surface area contributed by atoms with Gasteiger partial charge in [-0.1, -0.05) is 0 Å². The van der Waals surface area contributed by atoms with Crippen molar-refractivity contribution < 1.29 is 27.8 Å². The summed E-state index contributed by atoms with van der Waals surface area (Å²) in [7, 11) is 0. The van der Waals surface area contributed by atoms with Gasteiger partial charge in [0.2, 0.25) is 11.8 Å². The first-order chi connectivity index (χ1) is 10.9. The van der Waals surface area contributed by atoms with E-state index in [0.717, 1.165) is 12.8 Å². The van der Waals surface area contributed by atoms with E-state index in [9.17, 15) is 13.6 Å². The van der Waals surface area contributed by atoms with Crippen LogP contribution < -0.4 is 0 Å². The Morgan fingerprint density at radius 3 is 2.61 bits per heavy atom. The second-order valence-electron chi connectivity index (χ2n) is 7.12. The minimum Gasteiger partial charge on any atom is -0.381 e. The van der Waals surface area contributed by atoms with E-state index in [4.69, 9.17) is 14.2 Å². The summed E-state index contributed by atoms with van der Waals surface area (Å²) in [6, 6.07) is 0. The van der Waals surface area contributed by atoms with Gasteiger partial charge in [0.15, 0.2) is 0 Å². The summed E-state index contributed by atoms with van der Waals surface area (Å²) in [6.07, 6.45) is 1.03. The van der Waals surface area contributed by atoms with E-state index in [0.29, 0.717) is 32.9 Å². The van der Waals surface area contributed by atoms with Crippen LogP contribution in [0.5, 0.6) is 0 Å². The fourth-order valence-electron chi connectivity index (χ4n) is 3.43. The first kappa shape index (κ1) is 17.0. The van der Waals surface area contributed by atoms with Gasteiger partial charge in [0.1, 0.15) is 6.61 Å². The Morgan fingerprint density at radius 2 is 1.96 bits per heavy atom. The molecule has 0 aromatic heterocycles. The molecule has 7 heteroatoms. The summed E-state index contributed by atoms with van der Waals surface area (Å²) < 4.78 is 42.7. The van der Waals surface area contributed by atoms with Crippen LogP contribution in [0, 0.1) is 5.92 Å². The molecule has 1 amide bonds. The van der Waals surface area contributed by atoms with Crippen molar-refractivity contribution in [2.75, 3.05) is 39.5 Å². The number of hydrogen-bond donors (Lipinski definition) is 0. The fraction of sp³-hybridized carbons (Fsp3) is 0.938. The Balaban J connectivity index is 1.45. The lowest BCUT2D eigenvalue weighted by Crippen LogP contribution is -2.54. The van der Waals surface area contributed by atoms with E-state index in [2.05, 4.69) is 0 Å². The lowest BCUT2D eigenvalue weighted by molar-refractivity contribution is -0.177. The molecule has 0 spiro atoms. The van der Waals surface area contributed by atoms with Crippen molar-refractivity contribution in [1.82, 2.24) is 4.90 Å². The lowest BCUT2D eigenvalue weighted by atomic mass is 9.77. The second-order valence-corrected chi connectivity index (χ2v) is 7.12. The number of carbonyl (C=O) groups is 1. The van der Waals surface area contributed by atoms with Crippen molar-refractivity contribution in [3.05, 3.63) is 0 Å². The maximum Gasteiger partial charge on any atom is 0.248 e. The normalized spacial score (nSPS) is 30.7. The van der Waals surface area contributed by atoms with Gasteiger partial charge in [0.25, 0.3) is 0 Å². The number of ether oxygens (including phenoxy) is 3. The summed E-state index contributed by atoms with van der Waals surface area (Å²) in [6.45, 7) is 4.64. The third kappa shape index (κ3) is 4.19. The molecule has 3 aliphatic rings. The van der Waals surface area contributed by atoms with E-state index >= 15 is 0 Å². The van der Waals surface area contributed by atoms with Gasteiger partial charge in [-0.25, -0.2) is 8.78 Å². The fourth-order valence-corrected chi connectivity index (χ4v) is 3.43. The van der Waals surface area contributed by atoms with Crippen LogP contribution in [0.15, 0.2) is 0 Å². The van der Waals surface area contributed by atoms with E-state index in [1.54, 1.807) is 4.90 Å². The van der Waals surface area contributed by atoms with Gasteiger partial charge in [-0.15, -0.1) is 0 Å². The minimum atomic E-state index is -2.55. The molecule has 1 unspecified atom stereocenters. The van der Waals surface area contributed by atoms with Crippen LogP contribution in [0.1, 0.15) is 32.6 Å². The van der Waals surface area contributed by atoms with Crippen LogP contribution in [0.2, 0.25) is 0 Å². The van der Waals surface area contributed by atoms with Crippen LogP contribution >= 0.6 is 0 Å². The second kappa shape index (κ2) is 6.61. The SMILES string of the molecule is CC1(OCC(=O)N2CCOC(C3CC(F)(F)C3)C2)CCOCC1. The monoisotopic (exact) mass is 333 g/mol. The third-order valence-electron chi connectivity index (χ3n) is 5.19. The number of nitrogens with zero attached hydrogens (tertiary/aromatic N) is 1. The zero-order valence-electron chi connectivity index (χ0n) is 13.6. The number of halogens is 2. The molecule has 0 aromatic rings. The highest BCUT2D eigenvalue weighted by molar-refractivity contribution is 5.77. The summed E-state index contributed by atoms with van der Waals surface area (Å²) in [5, 5.41) is 0. The highest BCUT2D eigenvalue weighted by Gasteiger charge is 2.50. The standard InChI is InChI=1S/C16H25F2NO4/c1-15(2-5-21-6-3-15)23-11-14(20)19-4-7-22-13(10-19)12-8-16(17,18)9-12/h12-13H,2-11H2,1H3. The number of carbonyl (C=O) groups excluding carboxylic acids is 1. The number of morpholine rings is 1. The molecule has 0 aromatic carbocycles. The van der Waals surface area contributed by atoms with Crippen LogP contribution in [0.4, 0.5) is 8.78 Å². The van der Waals surface area contributed by atoms with Crippen molar-refractivity contribution in [3.63, 3.8) is 0 Å². The van der Waals surface area contributed by atoms with Gasteiger partial charge < -0.3 is 19.1 Å². The molecule has 3 fully saturated rings. The molecule has 1 aliphatic carbocycles. The summed E-state index contributed by atoms with van der Waals surface area (Å²) in [4.78, 5) is 14.0. The van der Waals surface area contributed by atoms with Gasteiger partial charge in [0.05, 0.1) is 18.3 Å². The molecule has 0 bridgehead atoms. The summed E-state index contributed by atoms with van der Waals surface area (Å²) in [5.41, 5.74) is -0.310. The molecule has 0 radical (unpaired) electrons. The smallest absolute Gasteiger partial charge is 0.248 e. The molecule has 3 rings (SSSR count). The zero-order valence-corrected chi connectivity index (χ0v) is 13.6.